The van der Waals surface area contributed by atoms with E-state index in [1.54, 1.807) is 0 Å². The molecule has 138 valence electrons. The summed E-state index contributed by atoms with van der Waals surface area (Å²) in [4.78, 5) is 0. The molecule has 1 saturated heterocycles. The third-order valence-electron chi connectivity index (χ3n) is 4.82. The first-order valence-corrected chi connectivity index (χ1v) is 9.01. The third-order valence-corrected chi connectivity index (χ3v) is 4.82. The summed E-state index contributed by atoms with van der Waals surface area (Å²) in [6.07, 6.45) is 3.87. The number of ether oxygens (including phenoxy) is 4. The van der Waals surface area contributed by atoms with Gasteiger partial charge in [0.2, 0.25) is 0 Å². The van der Waals surface area contributed by atoms with E-state index in [2.05, 4.69) is 13.8 Å². The molecule has 1 aliphatic rings. The van der Waals surface area contributed by atoms with Crippen molar-refractivity contribution in [2.75, 3.05) is 59.5 Å². The topological polar surface area (TPSA) is 57.2 Å². The summed E-state index contributed by atoms with van der Waals surface area (Å²) in [6.45, 7) is 12.5. The fraction of sp³-hybridized carbons (Fsp3) is 1.00. The summed E-state index contributed by atoms with van der Waals surface area (Å²) >= 11 is 0. The molecule has 5 nitrogen and oxygen atoms in total. The average Bonchev–Trinajstić information content (AvgIpc) is 2.54. The Morgan fingerprint density at radius 3 is 2.09 bits per heavy atom. The van der Waals surface area contributed by atoms with Crippen LogP contribution in [0.25, 0.3) is 0 Å². The van der Waals surface area contributed by atoms with Crippen LogP contribution in [0.4, 0.5) is 0 Å². The van der Waals surface area contributed by atoms with Gasteiger partial charge in [0, 0.05) is 37.3 Å². The summed E-state index contributed by atoms with van der Waals surface area (Å²) in [5, 5.41) is 9.29. The number of rotatable bonds is 15. The van der Waals surface area contributed by atoms with Crippen LogP contribution in [0.3, 0.4) is 0 Å². The molecule has 1 unspecified atom stereocenters. The Hall–Kier alpha value is -0.200. The summed E-state index contributed by atoms with van der Waals surface area (Å²) in [7, 11) is 0. The van der Waals surface area contributed by atoms with Crippen LogP contribution in [-0.4, -0.2) is 64.6 Å². The fourth-order valence-corrected chi connectivity index (χ4v) is 2.28. The molecule has 0 radical (unpaired) electrons. The molecule has 23 heavy (non-hydrogen) atoms. The van der Waals surface area contributed by atoms with Gasteiger partial charge in [-0.2, -0.15) is 0 Å². The molecule has 5 heteroatoms. The second-order valence-electron chi connectivity index (χ2n) is 7.09. The van der Waals surface area contributed by atoms with Crippen molar-refractivity contribution in [2.24, 2.45) is 10.8 Å². The molecule has 1 rings (SSSR count). The Balaban J connectivity index is 1.83. The van der Waals surface area contributed by atoms with E-state index in [0.717, 1.165) is 58.7 Å². The second kappa shape index (κ2) is 11.4. The summed E-state index contributed by atoms with van der Waals surface area (Å²) in [6, 6.07) is 0. The van der Waals surface area contributed by atoms with Gasteiger partial charge in [-0.1, -0.05) is 20.8 Å². The Kier molecular flexibility index (Phi) is 10.3. The van der Waals surface area contributed by atoms with Gasteiger partial charge in [-0.3, -0.25) is 0 Å². The molecule has 0 aromatic carbocycles. The molecule has 1 fully saturated rings. The maximum absolute atomic E-state index is 9.29. The minimum Gasteiger partial charge on any atom is -0.396 e. The molecule has 1 atom stereocenters. The van der Waals surface area contributed by atoms with Gasteiger partial charge >= 0.3 is 0 Å². The zero-order chi connectivity index (χ0) is 17.0. The number of aliphatic hydroxyl groups excluding tert-OH is 1. The smallest absolute Gasteiger partial charge is 0.0566 e. The lowest BCUT2D eigenvalue weighted by molar-refractivity contribution is -0.150. The van der Waals surface area contributed by atoms with E-state index in [-0.39, 0.29) is 17.4 Å². The van der Waals surface area contributed by atoms with E-state index < -0.39 is 0 Å². The van der Waals surface area contributed by atoms with Crippen molar-refractivity contribution in [3.8, 4) is 0 Å². The van der Waals surface area contributed by atoms with Crippen molar-refractivity contribution in [3.63, 3.8) is 0 Å². The Morgan fingerprint density at radius 2 is 1.61 bits per heavy atom. The van der Waals surface area contributed by atoms with Crippen LogP contribution in [0, 0.1) is 10.8 Å². The number of aliphatic hydroxyl groups is 1. The maximum atomic E-state index is 9.29. The first-order chi connectivity index (χ1) is 11.1. The van der Waals surface area contributed by atoms with Gasteiger partial charge in [-0.15, -0.1) is 0 Å². The van der Waals surface area contributed by atoms with Gasteiger partial charge in [0.1, 0.15) is 0 Å². The number of hydrogen-bond donors (Lipinski definition) is 1. The van der Waals surface area contributed by atoms with Crippen molar-refractivity contribution in [2.45, 2.75) is 46.5 Å². The molecule has 1 aliphatic heterocycles. The van der Waals surface area contributed by atoms with E-state index in [1.165, 1.54) is 0 Å². The third kappa shape index (κ3) is 7.94. The first-order valence-electron chi connectivity index (χ1n) is 9.01. The standard InChI is InChI=1S/C18H36O5/c1-4-17(3,12-19)13-21-10-6-8-20-9-7-11-22-14-18(5-2)15-23-16-18/h19H,4-16H2,1-3H3. The van der Waals surface area contributed by atoms with Gasteiger partial charge in [0.15, 0.2) is 0 Å². The highest BCUT2D eigenvalue weighted by Crippen LogP contribution is 2.31. The molecule has 0 bridgehead atoms. The Morgan fingerprint density at radius 1 is 1.00 bits per heavy atom. The largest absolute Gasteiger partial charge is 0.396 e. The molecule has 1 N–H and O–H groups in total. The zero-order valence-corrected chi connectivity index (χ0v) is 15.3. The van der Waals surface area contributed by atoms with Crippen molar-refractivity contribution in [3.05, 3.63) is 0 Å². The van der Waals surface area contributed by atoms with Crippen molar-refractivity contribution >= 4 is 0 Å². The summed E-state index contributed by atoms with van der Waals surface area (Å²) in [5.41, 5.74) is 0.166. The van der Waals surface area contributed by atoms with Crippen molar-refractivity contribution < 1.29 is 24.1 Å². The van der Waals surface area contributed by atoms with Gasteiger partial charge in [0.25, 0.3) is 0 Å². The van der Waals surface area contributed by atoms with Crippen LogP contribution in [0.5, 0.6) is 0 Å². The molecule has 0 spiro atoms. The van der Waals surface area contributed by atoms with E-state index in [4.69, 9.17) is 18.9 Å². The molecule has 0 amide bonds. The maximum Gasteiger partial charge on any atom is 0.0566 e. The van der Waals surface area contributed by atoms with Crippen LogP contribution in [0.2, 0.25) is 0 Å². The lowest BCUT2D eigenvalue weighted by atomic mass is 9.84. The van der Waals surface area contributed by atoms with Crippen LogP contribution < -0.4 is 0 Å². The van der Waals surface area contributed by atoms with Gasteiger partial charge in [-0.25, -0.2) is 0 Å². The monoisotopic (exact) mass is 332 g/mol. The lowest BCUT2D eigenvalue weighted by Crippen LogP contribution is -2.45. The molecular formula is C18H36O5. The SMILES string of the molecule is CCC(C)(CO)COCCCOCCCOCC1(CC)COC1. The molecule has 1 heterocycles. The fourth-order valence-electron chi connectivity index (χ4n) is 2.28. The Bertz CT molecular complexity index is 261. The van der Waals surface area contributed by atoms with Crippen LogP contribution >= 0.6 is 0 Å². The molecular weight excluding hydrogens is 296 g/mol. The van der Waals surface area contributed by atoms with E-state index in [9.17, 15) is 5.11 Å². The van der Waals surface area contributed by atoms with Crippen molar-refractivity contribution in [1.82, 2.24) is 0 Å². The zero-order valence-electron chi connectivity index (χ0n) is 15.3. The number of hydrogen-bond acceptors (Lipinski definition) is 5. The summed E-state index contributed by atoms with van der Waals surface area (Å²) < 4.78 is 22.2. The predicted octanol–water partition coefficient (Wildman–Crippen LogP) is 2.65. The van der Waals surface area contributed by atoms with Crippen LogP contribution in [-0.2, 0) is 18.9 Å². The van der Waals surface area contributed by atoms with Gasteiger partial charge < -0.3 is 24.1 Å². The van der Waals surface area contributed by atoms with Gasteiger partial charge in [0.05, 0.1) is 33.0 Å². The second-order valence-corrected chi connectivity index (χ2v) is 7.09. The molecule has 0 aliphatic carbocycles. The lowest BCUT2D eigenvalue weighted by Gasteiger charge is -2.40. The minimum atomic E-state index is -0.112. The van der Waals surface area contributed by atoms with E-state index >= 15 is 0 Å². The highest BCUT2D eigenvalue weighted by molar-refractivity contribution is 4.83. The molecule has 0 aromatic heterocycles. The first kappa shape index (κ1) is 20.8. The highest BCUT2D eigenvalue weighted by atomic mass is 16.5. The highest BCUT2D eigenvalue weighted by Gasteiger charge is 2.36. The van der Waals surface area contributed by atoms with Crippen molar-refractivity contribution in [1.29, 1.82) is 0 Å². The van der Waals surface area contributed by atoms with Crippen LogP contribution in [0.1, 0.15) is 46.5 Å². The Labute approximate surface area is 141 Å². The van der Waals surface area contributed by atoms with E-state index in [0.29, 0.717) is 19.8 Å². The predicted molar refractivity (Wildman–Crippen MR) is 90.7 cm³/mol. The van der Waals surface area contributed by atoms with Crippen LogP contribution in [0.15, 0.2) is 0 Å². The normalized spacial score (nSPS) is 19.3. The molecule has 0 saturated carbocycles. The molecule has 0 aromatic rings. The quantitative estimate of drug-likeness (QED) is 0.467. The van der Waals surface area contributed by atoms with Gasteiger partial charge in [-0.05, 0) is 25.7 Å². The van der Waals surface area contributed by atoms with E-state index in [1.807, 2.05) is 6.92 Å². The minimum absolute atomic E-state index is 0.112. The average molecular weight is 332 g/mol. The summed E-state index contributed by atoms with van der Waals surface area (Å²) in [5.74, 6) is 0.